The molecule has 8 heteroatoms. The molecule has 0 saturated carbocycles. The van der Waals surface area contributed by atoms with E-state index in [1.165, 1.54) is 17.7 Å². The summed E-state index contributed by atoms with van der Waals surface area (Å²) in [5, 5.41) is 7.88. The predicted molar refractivity (Wildman–Crippen MR) is 122 cm³/mol. The van der Waals surface area contributed by atoms with Crippen LogP contribution in [0.3, 0.4) is 0 Å². The van der Waals surface area contributed by atoms with Gasteiger partial charge >= 0.3 is 0 Å². The lowest BCUT2D eigenvalue weighted by molar-refractivity contribution is 0.215. The summed E-state index contributed by atoms with van der Waals surface area (Å²) >= 11 is 1.74. The van der Waals surface area contributed by atoms with Gasteiger partial charge in [-0.1, -0.05) is 6.92 Å². The van der Waals surface area contributed by atoms with Crippen molar-refractivity contribution < 1.29 is 4.42 Å². The van der Waals surface area contributed by atoms with Crippen molar-refractivity contribution in [3.8, 4) is 0 Å². The molecule has 1 fully saturated rings. The number of likely N-dealkylation sites (tertiary alicyclic amines) is 1. The first-order valence-electron chi connectivity index (χ1n) is 9.53. The average Bonchev–Trinajstić information content (AvgIpc) is 3.42. The van der Waals surface area contributed by atoms with Gasteiger partial charge in [0, 0.05) is 24.2 Å². The third-order valence-corrected chi connectivity index (χ3v) is 5.71. The fraction of sp³-hybridized carbons (Fsp3) is 0.579. The Morgan fingerprint density at radius 3 is 2.78 bits per heavy atom. The lowest BCUT2D eigenvalue weighted by Gasteiger charge is -2.26. The van der Waals surface area contributed by atoms with Crippen molar-refractivity contribution in [2.75, 3.05) is 26.2 Å². The smallest absolute Gasteiger partial charge is 0.191 e. The number of furan rings is 1. The van der Waals surface area contributed by atoms with E-state index in [2.05, 4.69) is 40.4 Å². The highest BCUT2D eigenvalue weighted by molar-refractivity contribution is 14.0. The maximum Gasteiger partial charge on any atom is 0.191 e. The van der Waals surface area contributed by atoms with Crippen molar-refractivity contribution in [3.63, 3.8) is 0 Å². The van der Waals surface area contributed by atoms with E-state index >= 15 is 0 Å². The molecule has 2 aromatic heterocycles. The number of guanidine groups is 1. The molecule has 0 spiro atoms. The van der Waals surface area contributed by atoms with Crippen LogP contribution in [0.2, 0.25) is 0 Å². The highest BCUT2D eigenvalue weighted by atomic mass is 127. The predicted octanol–water partition coefficient (Wildman–Crippen LogP) is 3.81. The lowest BCUT2D eigenvalue weighted by atomic mass is 10.2. The molecule has 0 aliphatic carbocycles. The fourth-order valence-corrected chi connectivity index (χ4v) is 4.00. The molecule has 3 heterocycles. The van der Waals surface area contributed by atoms with Crippen LogP contribution in [0.4, 0.5) is 0 Å². The Balaban J connectivity index is 0.00000261. The van der Waals surface area contributed by atoms with Crippen molar-refractivity contribution >= 4 is 41.3 Å². The van der Waals surface area contributed by atoms with E-state index in [1.807, 2.05) is 12.3 Å². The second kappa shape index (κ2) is 11.7. The first kappa shape index (κ1) is 22.2. The molecule has 0 bridgehead atoms. The van der Waals surface area contributed by atoms with Crippen molar-refractivity contribution in [2.45, 2.75) is 45.7 Å². The summed E-state index contributed by atoms with van der Waals surface area (Å²) in [6.45, 7) is 8.70. The van der Waals surface area contributed by atoms with Crippen molar-refractivity contribution in [2.24, 2.45) is 4.99 Å². The number of hydrogen-bond donors (Lipinski definition) is 2. The molecule has 0 amide bonds. The maximum atomic E-state index is 5.69. The number of hydrogen-bond acceptors (Lipinski definition) is 5. The molecular weight excluding hydrogens is 473 g/mol. The van der Waals surface area contributed by atoms with Crippen molar-refractivity contribution in [3.05, 3.63) is 40.2 Å². The molecule has 3 rings (SSSR count). The van der Waals surface area contributed by atoms with Crippen LogP contribution in [0.1, 0.15) is 48.4 Å². The third kappa shape index (κ3) is 6.46. The van der Waals surface area contributed by atoms with Crippen LogP contribution in [0.15, 0.2) is 34.0 Å². The van der Waals surface area contributed by atoms with Crippen LogP contribution in [-0.4, -0.2) is 42.0 Å². The molecule has 1 aliphatic heterocycles. The Morgan fingerprint density at radius 1 is 1.33 bits per heavy atom. The highest BCUT2D eigenvalue weighted by Crippen LogP contribution is 2.24. The van der Waals surface area contributed by atoms with Gasteiger partial charge in [0.1, 0.15) is 10.8 Å². The quantitative estimate of drug-likeness (QED) is 0.326. The van der Waals surface area contributed by atoms with E-state index in [0.717, 1.165) is 49.3 Å². The monoisotopic (exact) mass is 503 g/mol. The Labute approximate surface area is 182 Å². The highest BCUT2D eigenvalue weighted by Gasteiger charge is 2.25. The van der Waals surface area contributed by atoms with E-state index in [-0.39, 0.29) is 30.0 Å². The van der Waals surface area contributed by atoms with Gasteiger partial charge in [-0.3, -0.25) is 4.90 Å². The molecule has 2 aromatic rings. The third-order valence-electron chi connectivity index (χ3n) is 4.58. The normalized spacial score (nSPS) is 16.1. The van der Waals surface area contributed by atoms with Gasteiger partial charge in [0.2, 0.25) is 0 Å². The molecule has 27 heavy (non-hydrogen) atoms. The minimum absolute atomic E-state index is 0. The minimum atomic E-state index is 0. The summed E-state index contributed by atoms with van der Waals surface area (Å²) in [4.78, 5) is 13.0. The first-order valence-corrected chi connectivity index (χ1v) is 10.3. The molecule has 1 saturated heterocycles. The van der Waals surface area contributed by atoms with Gasteiger partial charge in [-0.15, -0.1) is 35.3 Å². The number of aliphatic imine (C=N–C) groups is 1. The van der Waals surface area contributed by atoms with E-state index in [1.54, 1.807) is 17.6 Å². The Bertz CT molecular complexity index is 682. The molecule has 2 N–H and O–H groups in total. The zero-order valence-corrected chi connectivity index (χ0v) is 19.3. The largest absolute Gasteiger partial charge is 0.468 e. The van der Waals surface area contributed by atoms with Crippen LogP contribution in [0.5, 0.6) is 0 Å². The number of thiazole rings is 1. The zero-order valence-electron chi connectivity index (χ0n) is 16.1. The summed E-state index contributed by atoms with van der Waals surface area (Å²) in [5.74, 6) is 1.85. The van der Waals surface area contributed by atoms with E-state index in [0.29, 0.717) is 6.54 Å². The second-order valence-electron chi connectivity index (χ2n) is 6.42. The van der Waals surface area contributed by atoms with E-state index in [4.69, 9.17) is 9.41 Å². The average molecular weight is 503 g/mol. The number of aryl methyl sites for hydroxylation is 1. The second-order valence-corrected chi connectivity index (χ2v) is 7.62. The summed E-state index contributed by atoms with van der Waals surface area (Å²) in [5.41, 5.74) is 0. The molecule has 1 atom stereocenters. The van der Waals surface area contributed by atoms with Gasteiger partial charge in [-0.05, 0) is 51.4 Å². The van der Waals surface area contributed by atoms with Gasteiger partial charge in [0.25, 0.3) is 0 Å². The number of nitrogens with one attached hydrogen (secondary N) is 2. The van der Waals surface area contributed by atoms with Crippen LogP contribution < -0.4 is 10.6 Å². The number of nitrogens with zero attached hydrogens (tertiary/aromatic N) is 3. The van der Waals surface area contributed by atoms with Crippen molar-refractivity contribution in [1.29, 1.82) is 0 Å². The summed E-state index contributed by atoms with van der Waals surface area (Å²) < 4.78 is 5.69. The van der Waals surface area contributed by atoms with Gasteiger partial charge in [0.15, 0.2) is 5.96 Å². The molecular formula is C19H30IN5OS. The van der Waals surface area contributed by atoms with Gasteiger partial charge in [-0.2, -0.15) is 0 Å². The Morgan fingerprint density at radius 2 is 2.15 bits per heavy atom. The fourth-order valence-electron chi connectivity index (χ4n) is 3.21. The van der Waals surface area contributed by atoms with Crippen molar-refractivity contribution in [1.82, 2.24) is 20.5 Å². The topological polar surface area (TPSA) is 65.7 Å². The number of halogens is 1. The summed E-state index contributed by atoms with van der Waals surface area (Å²) in [6, 6.07) is 4.27. The number of aromatic nitrogens is 1. The van der Waals surface area contributed by atoms with Crippen LogP contribution in [0, 0.1) is 0 Å². The minimum Gasteiger partial charge on any atom is -0.468 e. The van der Waals surface area contributed by atoms with Gasteiger partial charge in [0.05, 0.1) is 18.8 Å². The summed E-state index contributed by atoms with van der Waals surface area (Å²) in [6.07, 6.45) is 7.26. The van der Waals surface area contributed by atoms with Gasteiger partial charge in [-0.25, -0.2) is 9.98 Å². The van der Waals surface area contributed by atoms with Crippen LogP contribution in [0.25, 0.3) is 0 Å². The van der Waals surface area contributed by atoms with Crippen LogP contribution in [-0.2, 0) is 13.0 Å². The maximum absolute atomic E-state index is 5.69. The van der Waals surface area contributed by atoms with E-state index < -0.39 is 0 Å². The first-order chi connectivity index (χ1) is 12.8. The molecule has 6 nitrogen and oxygen atoms in total. The molecule has 1 unspecified atom stereocenters. The Kier molecular flexibility index (Phi) is 9.57. The molecule has 0 radical (unpaired) electrons. The SMILES string of the molecule is CCNC(=NCc1ncc(CC)s1)NCC(c1ccco1)N1CCCC1.I. The number of rotatable bonds is 8. The zero-order chi connectivity index (χ0) is 18.2. The Hall–Kier alpha value is -1.13. The standard InChI is InChI=1S/C19H29N5OS.HI/c1-3-15-12-21-18(26-15)14-23-19(20-4-2)22-13-16(17-8-7-11-25-17)24-9-5-6-10-24;/h7-8,11-12,16H,3-6,9-10,13-14H2,1-2H3,(H2,20,22,23);1H. The van der Waals surface area contributed by atoms with Crippen LogP contribution >= 0.6 is 35.3 Å². The molecule has 0 aromatic carbocycles. The van der Waals surface area contributed by atoms with E-state index in [9.17, 15) is 0 Å². The molecule has 150 valence electrons. The van der Waals surface area contributed by atoms with Gasteiger partial charge < -0.3 is 15.1 Å². The summed E-state index contributed by atoms with van der Waals surface area (Å²) in [7, 11) is 0. The lowest BCUT2D eigenvalue weighted by Crippen LogP contribution is -2.42. The molecule has 1 aliphatic rings.